The predicted molar refractivity (Wildman–Crippen MR) is 113 cm³/mol. The largest absolute Gasteiger partial charge is 0.312 e. The highest BCUT2D eigenvalue weighted by molar-refractivity contribution is 7.92. The van der Waals surface area contributed by atoms with Gasteiger partial charge in [-0.05, 0) is 68.5 Å². The Labute approximate surface area is 167 Å². The van der Waals surface area contributed by atoms with E-state index >= 15 is 0 Å². The van der Waals surface area contributed by atoms with Gasteiger partial charge >= 0.3 is 0 Å². The molecule has 0 aliphatic carbocycles. The van der Waals surface area contributed by atoms with E-state index in [2.05, 4.69) is 11.6 Å². The number of nitrogens with one attached hydrogen (secondary N) is 1. The van der Waals surface area contributed by atoms with Gasteiger partial charge in [-0.2, -0.15) is 0 Å². The molecule has 0 saturated carbocycles. The molecule has 5 nitrogen and oxygen atoms in total. The number of hydrogen-bond donors (Lipinski definition) is 1. The second-order valence-electron chi connectivity index (χ2n) is 7.58. The van der Waals surface area contributed by atoms with E-state index in [1.807, 2.05) is 49.9 Å². The molecule has 2 aromatic carbocycles. The summed E-state index contributed by atoms with van der Waals surface area (Å²) in [4.78, 5) is 14.4. The Morgan fingerprint density at radius 3 is 2.36 bits per heavy atom. The minimum Gasteiger partial charge on any atom is -0.312 e. The Balaban J connectivity index is 1.91. The molecule has 0 aromatic heterocycles. The predicted octanol–water partition coefficient (Wildman–Crippen LogP) is 4.49. The van der Waals surface area contributed by atoms with E-state index in [0.717, 1.165) is 40.8 Å². The molecule has 2 aromatic rings. The number of aryl methyl sites for hydroxylation is 4. The molecule has 0 saturated heterocycles. The molecule has 0 fully saturated rings. The summed E-state index contributed by atoms with van der Waals surface area (Å²) >= 11 is 0. The van der Waals surface area contributed by atoms with Gasteiger partial charge in [0, 0.05) is 24.3 Å². The van der Waals surface area contributed by atoms with Crippen molar-refractivity contribution in [3.63, 3.8) is 0 Å². The average molecular weight is 401 g/mol. The third kappa shape index (κ3) is 4.07. The molecule has 1 heterocycles. The fourth-order valence-corrected chi connectivity index (χ4v) is 5.49. The van der Waals surface area contributed by atoms with Crippen molar-refractivity contribution in [3.8, 4) is 0 Å². The second-order valence-corrected chi connectivity index (χ2v) is 9.20. The Morgan fingerprint density at radius 2 is 1.71 bits per heavy atom. The third-order valence-electron chi connectivity index (χ3n) is 5.14. The monoisotopic (exact) mass is 400 g/mol. The Kier molecular flexibility index (Phi) is 5.79. The van der Waals surface area contributed by atoms with Gasteiger partial charge in [0.2, 0.25) is 5.91 Å². The zero-order valence-electron chi connectivity index (χ0n) is 17.0. The maximum atomic E-state index is 13.0. The molecular weight excluding hydrogens is 372 g/mol. The summed E-state index contributed by atoms with van der Waals surface area (Å²) in [7, 11) is -3.69. The minimum absolute atomic E-state index is 0.139. The number of carbonyl (C=O) groups is 1. The Hall–Kier alpha value is -2.34. The topological polar surface area (TPSA) is 66.5 Å². The summed E-state index contributed by atoms with van der Waals surface area (Å²) < 4.78 is 28.7. The van der Waals surface area contributed by atoms with E-state index in [-0.39, 0.29) is 5.91 Å². The van der Waals surface area contributed by atoms with E-state index < -0.39 is 10.0 Å². The highest BCUT2D eigenvalue weighted by Gasteiger charge is 2.25. The molecular formula is C22H28N2O3S. The Morgan fingerprint density at radius 1 is 1.04 bits per heavy atom. The fraction of sp³-hybridized carbons (Fsp3) is 0.409. The Bertz CT molecular complexity index is 989. The van der Waals surface area contributed by atoms with Gasteiger partial charge in [0.05, 0.1) is 4.90 Å². The number of unbranched alkanes of at least 4 members (excludes halogenated alkanes) is 1. The minimum atomic E-state index is -3.69. The van der Waals surface area contributed by atoms with Crippen molar-refractivity contribution in [3.05, 3.63) is 52.6 Å². The molecule has 1 aliphatic heterocycles. The molecule has 1 N–H and O–H groups in total. The molecule has 28 heavy (non-hydrogen) atoms. The maximum absolute atomic E-state index is 13.0. The van der Waals surface area contributed by atoms with Crippen molar-refractivity contribution >= 4 is 27.3 Å². The quantitative estimate of drug-likeness (QED) is 0.777. The number of anilines is 2. The van der Waals surface area contributed by atoms with Crippen LogP contribution in [0.2, 0.25) is 0 Å². The first-order chi connectivity index (χ1) is 13.2. The number of hydrogen-bond acceptors (Lipinski definition) is 3. The van der Waals surface area contributed by atoms with Crippen molar-refractivity contribution in [2.45, 2.75) is 58.3 Å². The van der Waals surface area contributed by atoms with Gasteiger partial charge in [-0.1, -0.05) is 31.0 Å². The first-order valence-electron chi connectivity index (χ1n) is 9.77. The standard InChI is InChI=1S/C22H28N2O3S/c1-5-6-11-24-20-9-8-19(14-18(20)7-10-21(24)25)23-28(26,27)22-16(3)12-15(2)13-17(22)4/h8-9,12-14,23H,5-7,10-11H2,1-4H3. The van der Waals surface area contributed by atoms with Crippen LogP contribution >= 0.6 is 0 Å². The molecule has 1 aliphatic rings. The smallest absolute Gasteiger partial charge is 0.262 e. The first-order valence-corrected chi connectivity index (χ1v) is 11.2. The lowest BCUT2D eigenvalue weighted by atomic mass is 10.00. The summed E-state index contributed by atoms with van der Waals surface area (Å²) in [5, 5.41) is 0. The number of rotatable bonds is 6. The van der Waals surface area contributed by atoms with Crippen LogP contribution in [-0.4, -0.2) is 20.9 Å². The summed E-state index contributed by atoms with van der Waals surface area (Å²) in [6.07, 6.45) is 3.07. The van der Waals surface area contributed by atoms with Crippen molar-refractivity contribution in [1.29, 1.82) is 0 Å². The summed E-state index contributed by atoms with van der Waals surface area (Å²) in [5.74, 6) is 0.139. The number of nitrogens with zero attached hydrogens (tertiary/aromatic N) is 1. The van der Waals surface area contributed by atoms with Gasteiger partial charge < -0.3 is 4.90 Å². The van der Waals surface area contributed by atoms with E-state index in [4.69, 9.17) is 0 Å². The highest BCUT2D eigenvalue weighted by Crippen LogP contribution is 2.32. The number of benzene rings is 2. The van der Waals surface area contributed by atoms with Crippen LogP contribution in [0.25, 0.3) is 0 Å². The molecule has 3 rings (SSSR count). The van der Waals surface area contributed by atoms with Crippen LogP contribution in [0.5, 0.6) is 0 Å². The van der Waals surface area contributed by atoms with Crippen LogP contribution in [-0.2, 0) is 21.2 Å². The molecule has 0 atom stereocenters. The zero-order chi connectivity index (χ0) is 20.5. The van der Waals surface area contributed by atoms with Crippen LogP contribution < -0.4 is 9.62 Å². The van der Waals surface area contributed by atoms with Crippen molar-refractivity contribution in [1.82, 2.24) is 0 Å². The van der Waals surface area contributed by atoms with Crippen LogP contribution in [0.4, 0.5) is 11.4 Å². The lowest BCUT2D eigenvalue weighted by Gasteiger charge is -2.30. The van der Waals surface area contributed by atoms with Crippen molar-refractivity contribution in [2.75, 3.05) is 16.2 Å². The summed E-state index contributed by atoms with van der Waals surface area (Å²) in [6.45, 7) is 8.40. The lowest BCUT2D eigenvalue weighted by molar-refractivity contribution is -0.118. The number of sulfonamides is 1. The third-order valence-corrected chi connectivity index (χ3v) is 6.83. The molecule has 0 spiro atoms. The van der Waals surface area contributed by atoms with E-state index in [9.17, 15) is 13.2 Å². The van der Waals surface area contributed by atoms with E-state index in [1.165, 1.54) is 0 Å². The van der Waals surface area contributed by atoms with Crippen LogP contribution in [0.15, 0.2) is 35.2 Å². The van der Waals surface area contributed by atoms with Gasteiger partial charge in [0.15, 0.2) is 0 Å². The van der Waals surface area contributed by atoms with Crippen LogP contribution in [0, 0.1) is 20.8 Å². The zero-order valence-corrected chi connectivity index (χ0v) is 17.8. The van der Waals surface area contributed by atoms with Gasteiger partial charge in [-0.15, -0.1) is 0 Å². The van der Waals surface area contributed by atoms with Crippen LogP contribution in [0.1, 0.15) is 48.4 Å². The highest BCUT2D eigenvalue weighted by atomic mass is 32.2. The molecule has 0 radical (unpaired) electrons. The van der Waals surface area contributed by atoms with E-state index in [0.29, 0.717) is 30.0 Å². The van der Waals surface area contributed by atoms with Gasteiger partial charge in [-0.25, -0.2) is 8.42 Å². The van der Waals surface area contributed by atoms with Gasteiger partial charge in [0.1, 0.15) is 0 Å². The SMILES string of the molecule is CCCCN1C(=O)CCc2cc(NS(=O)(=O)c3c(C)cc(C)cc3C)ccc21. The fourth-order valence-electron chi connectivity index (χ4n) is 3.98. The van der Waals surface area contributed by atoms with Crippen molar-refractivity contribution in [2.24, 2.45) is 0 Å². The van der Waals surface area contributed by atoms with Crippen LogP contribution in [0.3, 0.4) is 0 Å². The summed E-state index contributed by atoms with van der Waals surface area (Å²) in [5.41, 5.74) is 4.95. The summed E-state index contributed by atoms with van der Waals surface area (Å²) in [6, 6.07) is 9.22. The molecule has 1 amide bonds. The number of amides is 1. The second kappa shape index (κ2) is 7.95. The lowest BCUT2D eigenvalue weighted by Crippen LogP contribution is -2.35. The molecule has 150 valence electrons. The number of carbonyl (C=O) groups excluding carboxylic acids is 1. The maximum Gasteiger partial charge on any atom is 0.262 e. The number of fused-ring (bicyclic) bond motifs is 1. The van der Waals surface area contributed by atoms with Crippen molar-refractivity contribution < 1.29 is 13.2 Å². The normalized spacial score (nSPS) is 14.1. The molecule has 6 heteroatoms. The molecule has 0 bridgehead atoms. The van der Waals surface area contributed by atoms with Gasteiger partial charge in [-0.3, -0.25) is 9.52 Å². The van der Waals surface area contributed by atoms with E-state index in [1.54, 1.807) is 6.07 Å². The molecule has 0 unspecified atom stereocenters. The average Bonchev–Trinajstić information content (AvgIpc) is 2.59. The first kappa shape index (κ1) is 20.4. The van der Waals surface area contributed by atoms with Gasteiger partial charge in [0.25, 0.3) is 10.0 Å².